The van der Waals surface area contributed by atoms with Crippen molar-refractivity contribution in [1.29, 1.82) is 5.26 Å². The third-order valence-electron chi connectivity index (χ3n) is 3.87. The lowest BCUT2D eigenvalue weighted by Crippen LogP contribution is -2.29. The highest BCUT2D eigenvalue weighted by molar-refractivity contribution is 6.34. The molecule has 0 radical (unpaired) electrons. The van der Waals surface area contributed by atoms with Gasteiger partial charge in [0.25, 0.3) is 11.8 Å². The smallest absolute Gasteiger partial charge is 0.348 e. The lowest BCUT2D eigenvalue weighted by atomic mass is 10.1. The minimum absolute atomic E-state index is 0.125. The number of anilines is 1. The summed E-state index contributed by atoms with van der Waals surface area (Å²) in [5.41, 5.74) is 1.62. The Kier molecular flexibility index (Phi) is 4.63. The number of amides is 2. The number of benzene rings is 2. The number of nitriles is 1. The first-order chi connectivity index (χ1) is 12.6. The van der Waals surface area contributed by atoms with Crippen molar-refractivity contribution in [3.63, 3.8) is 0 Å². The molecule has 1 aliphatic heterocycles. The van der Waals surface area contributed by atoms with Crippen LogP contribution in [0.4, 0.5) is 5.69 Å². The lowest BCUT2D eigenvalue weighted by Gasteiger charge is -2.14. The van der Waals surface area contributed by atoms with Gasteiger partial charge in [0.15, 0.2) is 0 Å². The molecule has 6 nitrogen and oxygen atoms in total. The minimum Gasteiger partial charge on any atom is -0.462 e. The van der Waals surface area contributed by atoms with Gasteiger partial charge < -0.3 is 4.74 Å². The lowest BCUT2D eigenvalue weighted by molar-refractivity contribution is -0.137. The van der Waals surface area contributed by atoms with Gasteiger partial charge in [-0.1, -0.05) is 24.3 Å². The van der Waals surface area contributed by atoms with Gasteiger partial charge in [-0.25, -0.2) is 9.69 Å². The van der Waals surface area contributed by atoms with Crippen LogP contribution in [0.2, 0.25) is 0 Å². The summed E-state index contributed by atoms with van der Waals surface area (Å²) in [5, 5.41) is 9.06. The van der Waals surface area contributed by atoms with Crippen molar-refractivity contribution in [3.8, 4) is 6.07 Å². The van der Waals surface area contributed by atoms with Crippen molar-refractivity contribution in [2.45, 2.75) is 6.92 Å². The fourth-order valence-electron chi connectivity index (χ4n) is 2.66. The summed E-state index contributed by atoms with van der Waals surface area (Å²) in [6.45, 7) is 1.83. The molecule has 3 rings (SSSR count). The molecule has 128 valence electrons. The van der Waals surface area contributed by atoms with Crippen molar-refractivity contribution in [2.75, 3.05) is 11.5 Å². The topological polar surface area (TPSA) is 87.5 Å². The van der Waals surface area contributed by atoms with Crippen LogP contribution in [0.25, 0.3) is 6.08 Å². The molecular formula is C20H14N2O4. The molecule has 0 fully saturated rings. The zero-order valence-corrected chi connectivity index (χ0v) is 13.9. The number of carbonyl (C=O) groups excluding carboxylic acids is 3. The van der Waals surface area contributed by atoms with Crippen LogP contribution in [0.1, 0.15) is 33.2 Å². The van der Waals surface area contributed by atoms with Crippen molar-refractivity contribution >= 4 is 29.5 Å². The molecule has 0 unspecified atom stereocenters. The molecule has 0 saturated carbocycles. The van der Waals surface area contributed by atoms with E-state index in [1.165, 1.54) is 6.08 Å². The van der Waals surface area contributed by atoms with E-state index >= 15 is 0 Å². The number of imide groups is 1. The summed E-state index contributed by atoms with van der Waals surface area (Å²) in [4.78, 5) is 37.7. The van der Waals surface area contributed by atoms with Gasteiger partial charge >= 0.3 is 5.97 Å². The Morgan fingerprint density at radius 2 is 1.65 bits per heavy atom. The van der Waals surface area contributed by atoms with Crippen molar-refractivity contribution in [2.24, 2.45) is 0 Å². The molecular weight excluding hydrogens is 332 g/mol. The van der Waals surface area contributed by atoms with Crippen LogP contribution in [0, 0.1) is 11.3 Å². The van der Waals surface area contributed by atoms with Crippen LogP contribution >= 0.6 is 0 Å². The van der Waals surface area contributed by atoms with Crippen LogP contribution in [0.3, 0.4) is 0 Å². The van der Waals surface area contributed by atoms with Crippen molar-refractivity contribution in [3.05, 3.63) is 70.8 Å². The highest BCUT2D eigenvalue weighted by atomic mass is 16.5. The molecule has 1 heterocycles. The zero-order valence-electron chi connectivity index (χ0n) is 13.9. The van der Waals surface area contributed by atoms with Gasteiger partial charge in [0.2, 0.25) is 0 Å². The summed E-state index contributed by atoms with van der Waals surface area (Å²) < 4.78 is 4.81. The van der Waals surface area contributed by atoms with E-state index in [4.69, 9.17) is 10.00 Å². The molecule has 26 heavy (non-hydrogen) atoms. The zero-order chi connectivity index (χ0) is 18.7. The largest absolute Gasteiger partial charge is 0.462 e. The van der Waals surface area contributed by atoms with Gasteiger partial charge in [0.1, 0.15) is 11.6 Å². The first-order valence-electron chi connectivity index (χ1n) is 7.93. The van der Waals surface area contributed by atoms with Gasteiger partial charge in [-0.2, -0.15) is 5.26 Å². The van der Waals surface area contributed by atoms with Crippen LogP contribution in [0.5, 0.6) is 0 Å². The fraction of sp³-hybridized carbons (Fsp3) is 0.100. The number of nitrogens with zero attached hydrogens (tertiary/aromatic N) is 2. The predicted molar refractivity (Wildman–Crippen MR) is 94.2 cm³/mol. The number of hydrogen-bond donors (Lipinski definition) is 0. The summed E-state index contributed by atoms with van der Waals surface area (Å²) in [6, 6.07) is 14.9. The average Bonchev–Trinajstić information content (AvgIpc) is 2.91. The van der Waals surface area contributed by atoms with E-state index in [-0.39, 0.29) is 24.0 Å². The van der Waals surface area contributed by atoms with Gasteiger partial charge in [0, 0.05) is 0 Å². The van der Waals surface area contributed by atoms with E-state index in [9.17, 15) is 14.4 Å². The Labute approximate surface area is 149 Å². The molecule has 0 aliphatic carbocycles. The highest BCUT2D eigenvalue weighted by Crippen LogP contribution is 2.28. The summed E-state index contributed by atoms with van der Waals surface area (Å²) >= 11 is 0. The van der Waals surface area contributed by atoms with E-state index in [1.807, 2.05) is 0 Å². The molecule has 0 spiro atoms. The van der Waals surface area contributed by atoms with E-state index < -0.39 is 5.97 Å². The molecule has 1 aliphatic rings. The van der Waals surface area contributed by atoms with Crippen molar-refractivity contribution < 1.29 is 19.1 Å². The van der Waals surface area contributed by atoms with Gasteiger partial charge in [-0.15, -0.1) is 0 Å². The van der Waals surface area contributed by atoms with E-state index in [0.29, 0.717) is 22.4 Å². The molecule has 0 aromatic heterocycles. The number of esters is 1. The molecule has 2 amide bonds. The minimum atomic E-state index is -0.695. The summed E-state index contributed by atoms with van der Waals surface area (Å²) in [7, 11) is 0. The summed E-state index contributed by atoms with van der Waals surface area (Å²) in [5.74, 6) is -1.45. The first-order valence-corrected chi connectivity index (χ1v) is 7.93. The number of rotatable bonds is 4. The Morgan fingerprint density at radius 3 is 2.15 bits per heavy atom. The third-order valence-corrected chi connectivity index (χ3v) is 3.87. The standard InChI is InChI=1S/C20H14N2O4/c1-2-26-20(25)14(12-21)11-13-7-9-15(10-8-13)22-18(23)16-5-3-4-6-17(16)19(22)24/h3-11H,2H2,1H3. The van der Waals surface area contributed by atoms with Gasteiger partial charge in [0.05, 0.1) is 23.4 Å². The van der Waals surface area contributed by atoms with E-state index in [0.717, 1.165) is 4.90 Å². The molecule has 0 bridgehead atoms. The fourth-order valence-corrected chi connectivity index (χ4v) is 2.66. The van der Waals surface area contributed by atoms with Gasteiger partial charge in [-0.3, -0.25) is 9.59 Å². The highest BCUT2D eigenvalue weighted by Gasteiger charge is 2.36. The molecule has 0 saturated heterocycles. The quantitative estimate of drug-likeness (QED) is 0.368. The maximum atomic E-state index is 12.5. The van der Waals surface area contributed by atoms with Crippen LogP contribution < -0.4 is 4.90 Å². The number of ether oxygens (including phenoxy) is 1. The normalized spacial score (nSPS) is 13.4. The average molecular weight is 346 g/mol. The van der Waals surface area contributed by atoms with Crippen molar-refractivity contribution in [1.82, 2.24) is 0 Å². The monoisotopic (exact) mass is 346 g/mol. The van der Waals surface area contributed by atoms with Crippen LogP contribution in [-0.2, 0) is 9.53 Å². The Morgan fingerprint density at radius 1 is 1.08 bits per heavy atom. The summed E-state index contributed by atoms with van der Waals surface area (Å²) in [6.07, 6.45) is 1.39. The Balaban J connectivity index is 1.87. The second kappa shape index (κ2) is 7.03. The SMILES string of the molecule is CCOC(=O)C(C#N)=Cc1ccc(N2C(=O)c3ccccc3C2=O)cc1. The second-order valence-corrected chi connectivity index (χ2v) is 5.47. The Hall–Kier alpha value is -3.72. The third kappa shape index (κ3) is 2.98. The molecule has 0 N–H and O–H groups in total. The second-order valence-electron chi connectivity index (χ2n) is 5.47. The molecule has 6 heteroatoms. The van der Waals surface area contributed by atoms with E-state index in [2.05, 4.69) is 0 Å². The number of hydrogen-bond acceptors (Lipinski definition) is 5. The predicted octanol–water partition coefficient (Wildman–Crippen LogP) is 2.96. The molecule has 2 aromatic rings. The maximum Gasteiger partial charge on any atom is 0.348 e. The Bertz CT molecular complexity index is 933. The number of fused-ring (bicyclic) bond motifs is 1. The first kappa shape index (κ1) is 17.1. The molecule has 2 aromatic carbocycles. The number of carbonyl (C=O) groups is 3. The van der Waals surface area contributed by atoms with E-state index in [1.54, 1.807) is 61.5 Å². The molecule has 0 atom stereocenters. The van der Waals surface area contributed by atoms with Crippen LogP contribution in [-0.4, -0.2) is 24.4 Å². The maximum absolute atomic E-state index is 12.5. The van der Waals surface area contributed by atoms with Crippen LogP contribution in [0.15, 0.2) is 54.1 Å². The van der Waals surface area contributed by atoms with Gasteiger partial charge in [-0.05, 0) is 42.8 Å².